The van der Waals surface area contributed by atoms with E-state index in [1.165, 1.54) is 0 Å². The van der Waals surface area contributed by atoms with Gasteiger partial charge in [0.2, 0.25) is 0 Å². The summed E-state index contributed by atoms with van der Waals surface area (Å²) in [4.78, 5) is 26.6. The summed E-state index contributed by atoms with van der Waals surface area (Å²) < 4.78 is 5.18. The largest absolute Gasteiger partial charge is 0.432 e. The zero-order valence-electron chi connectivity index (χ0n) is 15.2. The lowest BCUT2D eigenvalue weighted by atomic mass is 10.0. The zero-order chi connectivity index (χ0) is 18.5. The molecule has 0 atom stereocenters. The molecule has 0 fully saturated rings. The summed E-state index contributed by atoms with van der Waals surface area (Å²) in [7, 11) is -2.21. The molecule has 0 aliphatic rings. The fourth-order valence-corrected chi connectivity index (χ4v) is 2.87. The van der Waals surface area contributed by atoms with Crippen LogP contribution in [-0.2, 0) is 6.42 Å². The molecule has 0 saturated heterocycles. The summed E-state index contributed by atoms with van der Waals surface area (Å²) in [5.41, 5.74) is 1.52. The van der Waals surface area contributed by atoms with Crippen LogP contribution in [-0.4, -0.2) is 24.2 Å². The SMILES string of the molecule is CC(C)(CCc1ccc(NC(=O)Oc2ccccc2)cn1)[Si](C)(C)O. The van der Waals surface area contributed by atoms with Gasteiger partial charge in [-0.25, -0.2) is 4.79 Å². The quantitative estimate of drug-likeness (QED) is 0.740. The lowest BCUT2D eigenvalue weighted by Crippen LogP contribution is -2.39. The number of anilines is 1. The molecule has 0 radical (unpaired) electrons. The van der Waals surface area contributed by atoms with E-state index < -0.39 is 14.4 Å². The number of aryl methyl sites for hydroxylation is 1. The summed E-state index contributed by atoms with van der Waals surface area (Å²) in [6, 6.07) is 12.6. The first-order valence-corrected chi connectivity index (χ1v) is 11.3. The second kappa shape index (κ2) is 7.80. The van der Waals surface area contributed by atoms with Gasteiger partial charge in [-0.2, -0.15) is 0 Å². The predicted molar refractivity (Wildman–Crippen MR) is 102 cm³/mol. The number of para-hydroxylation sites is 1. The van der Waals surface area contributed by atoms with Crippen LogP contribution in [0.1, 0.15) is 26.0 Å². The molecular formula is C19H26N2O3Si. The number of nitrogens with zero attached hydrogens (tertiary/aromatic N) is 1. The van der Waals surface area contributed by atoms with Crippen LogP contribution in [0.15, 0.2) is 48.7 Å². The van der Waals surface area contributed by atoms with Crippen LogP contribution in [0, 0.1) is 0 Å². The number of nitrogens with one attached hydrogen (secondary N) is 1. The van der Waals surface area contributed by atoms with Gasteiger partial charge in [-0.15, -0.1) is 0 Å². The fourth-order valence-electron chi connectivity index (χ4n) is 2.13. The van der Waals surface area contributed by atoms with Crippen molar-refractivity contribution in [3.63, 3.8) is 0 Å². The van der Waals surface area contributed by atoms with E-state index in [-0.39, 0.29) is 5.04 Å². The number of amides is 1. The van der Waals surface area contributed by atoms with Crippen molar-refractivity contribution in [2.75, 3.05) is 5.32 Å². The molecule has 6 heteroatoms. The number of carbonyl (C=O) groups excluding carboxylic acids is 1. The Bertz CT molecular complexity index is 695. The summed E-state index contributed by atoms with van der Waals surface area (Å²) >= 11 is 0. The first kappa shape index (κ1) is 19.1. The van der Waals surface area contributed by atoms with Crippen LogP contribution < -0.4 is 10.1 Å². The maximum absolute atomic E-state index is 11.9. The Morgan fingerprint density at radius 1 is 1.20 bits per heavy atom. The molecule has 2 rings (SSSR count). The number of ether oxygens (including phenoxy) is 1. The normalized spacial score (nSPS) is 11.9. The molecule has 0 spiro atoms. The number of aromatic nitrogens is 1. The molecule has 2 N–H and O–H groups in total. The van der Waals surface area contributed by atoms with E-state index in [1.807, 2.05) is 31.3 Å². The van der Waals surface area contributed by atoms with Crippen LogP contribution >= 0.6 is 0 Å². The van der Waals surface area contributed by atoms with E-state index in [4.69, 9.17) is 4.74 Å². The van der Waals surface area contributed by atoms with Crippen molar-refractivity contribution in [2.45, 2.75) is 44.8 Å². The van der Waals surface area contributed by atoms with Crippen molar-refractivity contribution in [2.24, 2.45) is 0 Å². The minimum absolute atomic E-state index is 0.0783. The van der Waals surface area contributed by atoms with Gasteiger partial charge in [-0.05, 0) is 55.2 Å². The van der Waals surface area contributed by atoms with Crippen molar-refractivity contribution in [1.82, 2.24) is 4.98 Å². The van der Waals surface area contributed by atoms with Gasteiger partial charge in [-0.1, -0.05) is 32.0 Å². The predicted octanol–water partition coefficient (Wildman–Crippen LogP) is 4.60. The molecule has 5 nitrogen and oxygen atoms in total. The Morgan fingerprint density at radius 2 is 1.88 bits per heavy atom. The maximum atomic E-state index is 11.9. The Morgan fingerprint density at radius 3 is 2.44 bits per heavy atom. The molecule has 1 amide bonds. The highest BCUT2D eigenvalue weighted by Gasteiger charge is 2.37. The molecule has 0 unspecified atom stereocenters. The second-order valence-electron chi connectivity index (χ2n) is 7.31. The standard InChI is InChI=1S/C19H26N2O3Si/c1-19(2,25(3,4)23)13-12-15-10-11-16(14-20-15)21-18(22)24-17-8-6-5-7-9-17/h5-11,14,23H,12-13H2,1-4H3,(H,21,22). The molecule has 2 aromatic rings. The van der Waals surface area contributed by atoms with Crippen molar-refractivity contribution >= 4 is 20.1 Å². The Balaban J connectivity index is 1.88. The Labute approximate surface area is 150 Å². The van der Waals surface area contributed by atoms with Gasteiger partial charge in [0.25, 0.3) is 0 Å². The summed E-state index contributed by atoms with van der Waals surface area (Å²) in [5.74, 6) is 0.489. The highest BCUT2D eigenvalue weighted by atomic mass is 28.4. The van der Waals surface area contributed by atoms with Gasteiger partial charge in [0, 0.05) is 5.69 Å². The van der Waals surface area contributed by atoms with Gasteiger partial charge in [-0.3, -0.25) is 10.3 Å². The maximum Gasteiger partial charge on any atom is 0.417 e. The zero-order valence-corrected chi connectivity index (χ0v) is 16.2. The lowest BCUT2D eigenvalue weighted by molar-refractivity contribution is 0.215. The third-order valence-electron chi connectivity index (χ3n) is 4.69. The molecule has 0 aliphatic heterocycles. The molecular weight excluding hydrogens is 332 g/mol. The van der Waals surface area contributed by atoms with Crippen molar-refractivity contribution < 1.29 is 14.3 Å². The smallest absolute Gasteiger partial charge is 0.417 e. The topological polar surface area (TPSA) is 71.5 Å². The van der Waals surface area contributed by atoms with Crippen molar-refractivity contribution in [3.05, 3.63) is 54.4 Å². The molecule has 0 aliphatic carbocycles. The first-order valence-electron chi connectivity index (χ1n) is 8.38. The van der Waals surface area contributed by atoms with E-state index in [9.17, 15) is 9.59 Å². The lowest BCUT2D eigenvalue weighted by Gasteiger charge is -2.35. The first-order chi connectivity index (χ1) is 11.7. The summed E-state index contributed by atoms with van der Waals surface area (Å²) in [6.07, 6.45) is 2.74. The van der Waals surface area contributed by atoms with Gasteiger partial charge in [0.1, 0.15) is 5.75 Å². The number of rotatable bonds is 6. The molecule has 1 aromatic carbocycles. The second-order valence-corrected chi connectivity index (χ2v) is 11.8. The van der Waals surface area contributed by atoms with E-state index in [2.05, 4.69) is 24.1 Å². The molecule has 134 valence electrons. The summed E-state index contributed by atoms with van der Waals surface area (Å²) in [5, 5.41) is 2.58. The molecule has 0 saturated carbocycles. The number of benzene rings is 1. The molecule has 0 bridgehead atoms. The third-order valence-corrected chi connectivity index (χ3v) is 8.25. The minimum Gasteiger partial charge on any atom is -0.432 e. The number of hydrogen-bond donors (Lipinski definition) is 2. The van der Waals surface area contributed by atoms with Crippen LogP contribution in [0.3, 0.4) is 0 Å². The Hall–Kier alpha value is -2.18. The third kappa shape index (κ3) is 5.69. The fraction of sp³-hybridized carbons (Fsp3) is 0.368. The van der Waals surface area contributed by atoms with Gasteiger partial charge >= 0.3 is 6.09 Å². The molecule has 1 heterocycles. The number of hydrogen-bond acceptors (Lipinski definition) is 4. The number of pyridine rings is 1. The van der Waals surface area contributed by atoms with E-state index in [0.29, 0.717) is 11.4 Å². The van der Waals surface area contributed by atoms with Crippen LogP contribution in [0.2, 0.25) is 18.1 Å². The average Bonchev–Trinajstić information content (AvgIpc) is 2.54. The van der Waals surface area contributed by atoms with Gasteiger partial charge in [0.05, 0.1) is 11.9 Å². The van der Waals surface area contributed by atoms with Gasteiger partial charge < -0.3 is 9.53 Å². The number of carbonyl (C=O) groups is 1. The van der Waals surface area contributed by atoms with Crippen LogP contribution in [0.5, 0.6) is 5.75 Å². The Kier molecular flexibility index (Phi) is 5.97. The van der Waals surface area contributed by atoms with Crippen molar-refractivity contribution in [1.29, 1.82) is 0 Å². The van der Waals surface area contributed by atoms with Crippen molar-refractivity contribution in [3.8, 4) is 5.75 Å². The van der Waals surface area contributed by atoms with E-state index in [1.54, 1.807) is 30.5 Å². The van der Waals surface area contributed by atoms with Crippen LogP contribution in [0.25, 0.3) is 0 Å². The minimum atomic E-state index is -2.21. The van der Waals surface area contributed by atoms with Gasteiger partial charge in [0.15, 0.2) is 8.32 Å². The monoisotopic (exact) mass is 358 g/mol. The highest BCUT2D eigenvalue weighted by Crippen LogP contribution is 2.39. The average molecular weight is 359 g/mol. The van der Waals surface area contributed by atoms with Crippen LogP contribution in [0.4, 0.5) is 10.5 Å². The molecule has 1 aromatic heterocycles. The van der Waals surface area contributed by atoms with E-state index in [0.717, 1.165) is 18.5 Å². The molecule has 25 heavy (non-hydrogen) atoms. The highest BCUT2D eigenvalue weighted by molar-refractivity contribution is 6.72. The van der Waals surface area contributed by atoms with E-state index >= 15 is 0 Å². The summed E-state index contributed by atoms with van der Waals surface area (Å²) in [6.45, 7) is 8.14.